The van der Waals surface area contributed by atoms with Crippen LogP contribution in [0.5, 0.6) is 0 Å². The Morgan fingerprint density at radius 1 is 0.789 bits per heavy atom. The molecule has 0 aromatic carbocycles. The third-order valence-corrected chi connectivity index (χ3v) is 9.47. The fourth-order valence-corrected chi connectivity index (χ4v) is 5.61. The van der Waals surface area contributed by atoms with E-state index in [0.717, 1.165) is 45.7 Å². The molecule has 3 saturated heterocycles. The third kappa shape index (κ3) is 8.39. The second kappa shape index (κ2) is 15.3. The van der Waals surface area contributed by atoms with Crippen LogP contribution in [0.15, 0.2) is 0 Å². The monoisotopic (exact) mass is 546 g/mol. The average molecular weight is 546 g/mol. The number of carbonyl (C=O) groups excluding carboxylic acids is 1. The van der Waals surface area contributed by atoms with Crippen molar-refractivity contribution in [2.45, 2.75) is 119 Å². The van der Waals surface area contributed by atoms with Gasteiger partial charge in [0.15, 0.2) is 5.79 Å². The minimum absolute atomic E-state index is 0. The zero-order valence-corrected chi connectivity index (χ0v) is 26.2. The molecular formula is C31H67N3O4. The number of hydrogen-bond acceptors (Lipinski definition) is 6. The van der Waals surface area contributed by atoms with Crippen LogP contribution in [0.25, 0.3) is 0 Å². The van der Waals surface area contributed by atoms with E-state index in [0.29, 0.717) is 29.2 Å². The highest BCUT2D eigenvalue weighted by Gasteiger charge is 2.45. The molecule has 1 amide bonds. The maximum absolute atomic E-state index is 11.4. The molecule has 0 aromatic heterocycles. The first kappa shape index (κ1) is 39.4. The highest BCUT2D eigenvalue weighted by molar-refractivity contribution is 5.79. The number of ether oxygens (including phenoxy) is 3. The lowest BCUT2D eigenvalue weighted by Crippen LogP contribution is -2.62. The first-order chi connectivity index (χ1) is 16.4. The van der Waals surface area contributed by atoms with E-state index in [9.17, 15) is 4.79 Å². The maximum atomic E-state index is 11.4. The molecule has 3 heterocycles. The Morgan fingerprint density at radius 3 is 1.34 bits per heavy atom. The van der Waals surface area contributed by atoms with E-state index in [1.54, 1.807) is 0 Å². The van der Waals surface area contributed by atoms with E-state index in [2.05, 4.69) is 86.5 Å². The van der Waals surface area contributed by atoms with Crippen LogP contribution in [0.1, 0.15) is 96.4 Å². The Hall–Kier alpha value is -0.730. The van der Waals surface area contributed by atoms with Gasteiger partial charge in [0, 0.05) is 19.0 Å². The van der Waals surface area contributed by atoms with E-state index >= 15 is 0 Å². The van der Waals surface area contributed by atoms with Gasteiger partial charge in [0.25, 0.3) is 0 Å². The standard InChI is InChI=1S/C11H23NO2.C10H19NO.C8H17NO.2CH4/c1-9(2)11(12(5)6)7-13-10(3,4)14-8-11;1-5-10(8(2)3)7-6-9(12)11(10)4;1-7(2)8(9(3)4)5-10-6-8;;/h9H,7-8H2,1-6H3;8H,5-7H2,1-4H3;7H,5-6H2,1-4H3;2*1H4. The summed E-state index contributed by atoms with van der Waals surface area (Å²) in [4.78, 5) is 17.8. The summed E-state index contributed by atoms with van der Waals surface area (Å²) in [5, 5.41) is 0. The van der Waals surface area contributed by atoms with Crippen molar-refractivity contribution < 1.29 is 19.0 Å². The van der Waals surface area contributed by atoms with Crippen LogP contribution in [0, 0.1) is 17.8 Å². The van der Waals surface area contributed by atoms with Gasteiger partial charge in [-0.3, -0.25) is 14.6 Å². The highest BCUT2D eigenvalue weighted by Crippen LogP contribution is 2.38. The molecule has 0 bridgehead atoms. The summed E-state index contributed by atoms with van der Waals surface area (Å²) < 4.78 is 16.7. The van der Waals surface area contributed by atoms with Gasteiger partial charge in [0.2, 0.25) is 5.91 Å². The number of amides is 1. The first-order valence-electron chi connectivity index (χ1n) is 13.9. The minimum atomic E-state index is -0.422. The quantitative estimate of drug-likeness (QED) is 0.407. The van der Waals surface area contributed by atoms with E-state index in [1.807, 2.05) is 25.8 Å². The number of rotatable bonds is 6. The van der Waals surface area contributed by atoms with Gasteiger partial charge < -0.3 is 19.1 Å². The van der Waals surface area contributed by atoms with Crippen LogP contribution >= 0.6 is 0 Å². The molecule has 7 heteroatoms. The Morgan fingerprint density at radius 2 is 1.18 bits per heavy atom. The van der Waals surface area contributed by atoms with Crippen molar-refractivity contribution in [1.82, 2.24) is 14.7 Å². The molecule has 0 spiro atoms. The van der Waals surface area contributed by atoms with Gasteiger partial charge in [0.05, 0.1) is 37.5 Å². The molecule has 38 heavy (non-hydrogen) atoms. The van der Waals surface area contributed by atoms with Crippen LogP contribution < -0.4 is 0 Å². The molecule has 3 aliphatic heterocycles. The van der Waals surface area contributed by atoms with Gasteiger partial charge in [-0.05, 0) is 72.6 Å². The molecule has 1 atom stereocenters. The summed E-state index contributed by atoms with van der Waals surface area (Å²) in [5.41, 5.74) is 0.507. The highest BCUT2D eigenvalue weighted by atomic mass is 16.7. The Labute approximate surface area is 237 Å². The second-order valence-corrected chi connectivity index (χ2v) is 12.8. The summed E-state index contributed by atoms with van der Waals surface area (Å²) in [6, 6.07) is 0. The maximum Gasteiger partial charge on any atom is 0.222 e. The van der Waals surface area contributed by atoms with Gasteiger partial charge in [-0.15, -0.1) is 0 Å². The molecule has 3 fully saturated rings. The molecule has 7 nitrogen and oxygen atoms in total. The Bertz CT molecular complexity index is 657. The summed E-state index contributed by atoms with van der Waals surface area (Å²) in [7, 11) is 10.4. The van der Waals surface area contributed by atoms with Crippen LogP contribution in [-0.4, -0.2) is 105 Å². The third-order valence-electron chi connectivity index (χ3n) is 9.47. The molecule has 0 N–H and O–H groups in total. The lowest BCUT2D eigenvalue weighted by molar-refractivity contribution is -0.290. The first-order valence-corrected chi connectivity index (χ1v) is 13.9. The molecular weight excluding hydrogens is 478 g/mol. The fourth-order valence-electron chi connectivity index (χ4n) is 5.61. The molecule has 3 rings (SSSR count). The Kier molecular flexibility index (Phi) is 15.9. The van der Waals surface area contributed by atoms with Crippen molar-refractivity contribution in [3.8, 4) is 0 Å². The predicted octanol–water partition coefficient (Wildman–Crippen LogP) is 6.01. The molecule has 0 aromatic rings. The topological polar surface area (TPSA) is 54.5 Å². The van der Waals surface area contributed by atoms with Crippen LogP contribution in [0.4, 0.5) is 0 Å². The Balaban J connectivity index is 0. The molecule has 0 aliphatic carbocycles. The van der Waals surface area contributed by atoms with E-state index in [-0.39, 0.29) is 25.9 Å². The zero-order valence-electron chi connectivity index (χ0n) is 26.2. The molecule has 1 unspecified atom stereocenters. The number of hydrogen-bond donors (Lipinski definition) is 0. The lowest BCUT2D eigenvalue weighted by atomic mass is 9.82. The van der Waals surface area contributed by atoms with Crippen molar-refractivity contribution >= 4 is 5.91 Å². The van der Waals surface area contributed by atoms with Crippen molar-refractivity contribution in [3.63, 3.8) is 0 Å². The molecule has 3 aliphatic rings. The van der Waals surface area contributed by atoms with E-state index in [4.69, 9.17) is 14.2 Å². The van der Waals surface area contributed by atoms with Gasteiger partial charge in [-0.25, -0.2) is 0 Å². The number of likely N-dealkylation sites (N-methyl/N-ethyl adjacent to an activating group) is 2. The van der Waals surface area contributed by atoms with E-state index in [1.165, 1.54) is 0 Å². The lowest BCUT2D eigenvalue weighted by Gasteiger charge is -2.49. The average Bonchev–Trinajstić information content (AvgIpc) is 3.02. The SMILES string of the molecule is C.C.CC(C)C1(N(C)C)COC(C)(C)OC1.CC(C)C1(N(C)C)COC1.CCC1(C(C)C)CCC(=O)N1C. The fraction of sp³-hybridized carbons (Fsp3) is 0.968. The smallest absolute Gasteiger partial charge is 0.222 e. The van der Waals surface area contributed by atoms with Gasteiger partial charge in [0.1, 0.15) is 0 Å². The minimum Gasteiger partial charge on any atom is -0.377 e. The van der Waals surface area contributed by atoms with Crippen molar-refractivity contribution in [2.75, 3.05) is 61.7 Å². The predicted molar refractivity (Wildman–Crippen MR) is 163 cm³/mol. The summed E-state index contributed by atoms with van der Waals surface area (Å²) >= 11 is 0. The van der Waals surface area contributed by atoms with Gasteiger partial charge in [-0.1, -0.05) is 63.3 Å². The van der Waals surface area contributed by atoms with Crippen molar-refractivity contribution in [1.29, 1.82) is 0 Å². The zero-order chi connectivity index (χ0) is 28.1. The van der Waals surface area contributed by atoms with Crippen molar-refractivity contribution in [2.24, 2.45) is 17.8 Å². The van der Waals surface area contributed by atoms with Crippen LogP contribution in [0.2, 0.25) is 0 Å². The van der Waals surface area contributed by atoms with Gasteiger partial charge >= 0.3 is 0 Å². The molecule has 230 valence electrons. The summed E-state index contributed by atoms with van der Waals surface area (Å²) in [6.45, 7) is 22.7. The number of likely N-dealkylation sites (tertiary alicyclic amines) is 1. The van der Waals surface area contributed by atoms with Crippen molar-refractivity contribution in [3.05, 3.63) is 0 Å². The molecule has 0 radical (unpaired) electrons. The van der Waals surface area contributed by atoms with Crippen LogP contribution in [-0.2, 0) is 19.0 Å². The largest absolute Gasteiger partial charge is 0.377 e. The number of nitrogens with zero attached hydrogens (tertiary/aromatic N) is 3. The summed E-state index contributed by atoms with van der Waals surface area (Å²) in [6.07, 6.45) is 2.85. The van der Waals surface area contributed by atoms with Gasteiger partial charge in [-0.2, -0.15) is 0 Å². The van der Waals surface area contributed by atoms with E-state index < -0.39 is 5.79 Å². The number of carbonyl (C=O) groups is 1. The molecule has 0 saturated carbocycles. The second-order valence-electron chi connectivity index (χ2n) is 12.8. The summed E-state index contributed by atoms with van der Waals surface area (Å²) in [5.74, 6) is 1.67. The van der Waals surface area contributed by atoms with Crippen LogP contribution in [0.3, 0.4) is 0 Å². The normalized spacial score (nSPS) is 25.2.